The van der Waals surface area contributed by atoms with Gasteiger partial charge >= 0.3 is 0 Å². The third kappa shape index (κ3) is 2.13. The van der Waals surface area contributed by atoms with E-state index >= 15 is 0 Å². The van der Waals surface area contributed by atoms with Gasteiger partial charge in [-0.25, -0.2) is 0 Å². The molecule has 2 aromatic rings. The van der Waals surface area contributed by atoms with Crippen LogP contribution in [0, 0.1) is 6.92 Å². The second-order valence-corrected chi connectivity index (χ2v) is 3.50. The van der Waals surface area contributed by atoms with Gasteiger partial charge in [-0.3, -0.25) is 9.89 Å². The van der Waals surface area contributed by atoms with Crippen LogP contribution in [-0.2, 0) is 6.42 Å². The van der Waals surface area contributed by atoms with E-state index in [0.717, 1.165) is 16.8 Å². The predicted molar refractivity (Wildman–Crippen MR) is 57.8 cm³/mol. The topological polar surface area (TPSA) is 45.8 Å². The van der Waals surface area contributed by atoms with Crippen LogP contribution in [0.5, 0.6) is 0 Å². The molecule has 1 aromatic carbocycles. The zero-order chi connectivity index (χ0) is 10.7. The molecule has 3 heteroatoms. The van der Waals surface area contributed by atoms with E-state index in [1.54, 1.807) is 6.20 Å². The van der Waals surface area contributed by atoms with Crippen molar-refractivity contribution in [3.8, 4) is 0 Å². The lowest BCUT2D eigenvalue weighted by atomic mass is 10.0. The summed E-state index contributed by atoms with van der Waals surface area (Å²) in [6.07, 6.45) is 2.03. The van der Waals surface area contributed by atoms with Crippen LogP contribution in [0.2, 0.25) is 0 Å². The average molecular weight is 200 g/mol. The van der Waals surface area contributed by atoms with E-state index in [4.69, 9.17) is 0 Å². The van der Waals surface area contributed by atoms with E-state index in [0.29, 0.717) is 6.42 Å². The zero-order valence-electron chi connectivity index (χ0n) is 8.53. The monoisotopic (exact) mass is 200 g/mol. The number of hydrogen-bond acceptors (Lipinski definition) is 2. The number of nitrogens with zero attached hydrogens (tertiary/aromatic N) is 1. The number of Topliss-reactive ketones (excluding diaryl/α,β-unsaturated/α-hetero) is 1. The van der Waals surface area contributed by atoms with Gasteiger partial charge in [0.2, 0.25) is 0 Å². The van der Waals surface area contributed by atoms with E-state index in [9.17, 15) is 4.79 Å². The molecule has 76 valence electrons. The Labute approximate surface area is 88.1 Å². The van der Waals surface area contributed by atoms with Gasteiger partial charge in [0.25, 0.3) is 0 Å². The van der Waals surface area contributed by atoms with Crippen LogP contribution in [0.4, 0.5) is 0 Å². The van der Waals surface area contributed by atoms with E-state index in [1.165, 1.54) is 0 Å². The van der Waals surface area contributed by atoms with Crippen molar-refractivity contribution in [2.45, 2.75) is 13.3 Å². The SMILES string of the molecule is Cc1ccccc1C(=O)Cc1ccn[nH]1. The van der Waals surface area contributed by atoms with Crippen LogP contribution < -0.4 is 0 Å². The molecular formula is C12H12N2O. The van der Waals surface area contributed by atoms with Gasteiger partial charge in [-0.1, -0.05) is 24.3 Å². The largest absolute Gasteiger partial charge is 0.294 e. The fourth-order valence-corrected chi connectivity index (χ4v) is 1.54. The maximum absolute atomic E-state index is 11.9. The van der Waals surface area contributed by atoms with Crippen LogP contribution in [0.1, 0.15) is 21.6 Å². The summed E-state index contributed by atoms with van der Waals surface area (Å²) in [5, 5.41) is 6.60. The summed E-state index contributed by atoms with van der Waals surface area (Å²) in [5.74, 6) is 0.123. The molecule has 0 atom stereocenters. The normalized spacial score (nSPS) is 10.2. The minimum Gasteiger partial charge on any atom is -0.294 e. The van der Waals surface area contributed by atoms with Gasteiger partial charge in [0.1, 0.15) is 0 Å². The Morgan fingerprint density at radius 3 is 2.80 bits per heavy atom. The summed E-state index contributed by atoms with van der Waals surface area (Å²) in [6.45, 7) is 1.94. The predicted octanol–water partition coefficient (Wildman–Crippen LogP) is 2.14. The third-order valence-corrected chi connectivity index (χ3v) is 2.35. The standard InChI is InChI=1S/C12H12N2O/c1-9-4-2-3-5-11(9)12(15)8-10-6-7-13-14-10/h2-7H,8H2,1H3,(H,13,14). The zero-order valence-corrected chi connectivity index (χ0v) is 8.53. The number of benzene rings is 1. The molecular weight excluding hydrogens is 188 g/mol. The van der Waals surface area contributed by atoms with Gasteiger partial charge in [0.15, 0.2) is 5.78 Å². The van der Waals surface area contributed by atoms with E-state index in [1.807, 2.05) is 37.3 Å². The van der Waals surface area contributed by atoms with Crippen molar-refractivity contribution >= 4 is 5.78 Å². The molecule has 2 rings (SSSR count). The number of ketones is 1. The Morgan fingerprint density at radius 2 is 2.13 bits per heavy atom. The van der Waals surface area contributed by atoms with Gasteiger partial charge in [-0.2, -0.15) is 5.10 Å². The van der Waals surface area contributed by atoms with Crippen LogP contribution in [0.3, 0.4) is 0 Å². The van der Waals surface area contributed by atoms with Gasteiger partial charge in [0.05, 0.1) is 6.42 Å². The van der Waals surface area contributed by atoms with Crippen molar-refractivity contribution < 1.29 is 4.79 Å². The fourth-order valence-electron chi connectivity index (χ4n) is 1.54. The average Bonchev–Trinajstić information content (AvgIpc) is 2.71. The van der Waals surface area contributed by atoms with E-state index < -0.39 is 0 Å². The number of aromatic nitrogens is 2. The first-order valence-corrected chi connectivity index (χ1v) is 4.84. The minimum atomic E-state index is 0.123. The summed E-state index contributed by atoms with van der Waals surface area (Å²) in [4.78, 5) is 11.9. The molecule has 0 bridgehead atoms. The number of carbonyl (C=O) groups is 1. The number of nitrogens with one attached hydrogen (secondary N) is 1. The molecule has 0 saturated heterocycles. The molecule has 0 aliphatic rings. The second-order valence-electron chi connectivity index (χ2n) is 3.50. The molecule has 0 spiro atoms. The summed E-state index contributed by atoms with van der Waals surface area (Å²) in [7, 11) is 0. The molecule has 0 aliphatic carbocycles. The highest BCUT2D eigenvalue weighted by Gasteiger charge is 2.09. The van der Waals surface area contributed by atoms with E-state index in [-0.39, 0.29) is 5.78 Å². The Balaban J connectivity index is 2.19. The van der Waals surface area contributed by atoms with Crippen molar-refractivity contribution in [3.05, 3.63) is 53.3 Å². The molecule has 1 heterocycles. The van der Waals surface area contributed by atoms with Gasteiger partial charge in [-0.05, 0) is 18.6 Å². The molecule has 1 N–H and O–H groups in total. The molecule has 15 heavy (non-hydrogen) atoms. The Kier molecular flexibility index (Phi) is 2.63. The number of carbonyl (C=O) groups excluding carboxylic acids is 1. The lowest BCUT2D eigenvalue weighted by Crippen LogP contribution is -2.05. The lowest BCUT2D eigenvalue weighted by Gasteiger charge is -2.02. The summed E-state index contributed by atoms with van der Waals surface area (Å²) < 4.78 is 0. The quantitative estimate of drug-likeness (QED) is 0.771. The van der Waals surface area contributed by atoms with Crippen LogP contribution >= 0.6 is 0 Å². The van der Waals surface area contributed by atoms with Crippen molar-refractivity contribution in [1.29, 1.82) is 0 Å². The number of hydrogen-bond donors (Lipinski definition) is 1. The number of rotatable bonds is 3. The molecule has 0 radical (unpaired) electrons. The Bertz CT molecular complexity index is 460. The minimum absolute atomic E-state index is 0.123. The number of aryl methyl sites for hydroxylation is 1. The summed E-state index contributed by atoms with van der Waals surface area (Å²) >= 11 is 0. The molecule has 0 fully saturated rings. The van der Waals surface area contributed by atoms with Crippen molar-refractivity contribution in [2.24, 2.45) is 0 Å². The molecule has 0 saturated carbocycles. The van der Waals surface area contributed by atoms with E-state index in [2.05, 4.69) is 10.2 Å². The van der Waals surface area contributed by atoms with Crippen LogP contribution in [-0.4, -0.2) is 16.0 Å². The molecule has 1 aromatic heterocycles. The molecule has 0 amide bonds. The van der Waals surface area contributed by atoms with Crippen molar-refractivity contribution in [1.82, 2.24) is 10.2 Å². The second kappa shape index (κ2) is 4.09. The first kappa shape index (κ1) is 9.65. The number of H-pyrrole nitrogens is 1. The third-order valence-electron chi connectivity index (χ3n) is 2.35. The maximum Gasteiger partial charge on any atom is 0.169 e. The van der Waals surface area contributed by atoms with Crippen LogP contribution in [0.15, 0.2) is 36.5 Å². The molecule has 0 unspecified atom stereocenters. The maximum atomic E-state index is 11.9. The summed E-state index contributed by atoms with van der Waals surface area (Å²) in [6, 6.07) is 9.43. The fraction of sp³-hybridized carbons (Fsp3) is 0.167. The van der Waals surface area contributed by atoms with Gasteiger partial charge in [-0.15, -0.1) is 0 Å². The Hall–Kier alpha value is -1.90. The highest BCUT2D eigenvalue weighted by molar-refractivity contribution is 5.98. The van der Waals surface area contributed by atoms with Crippen molar-refractivity contribution in [3.63, 3.8) is 0 Å². The highest BCUT2D eigenvalue weighted by Crippen LogP contribution is 2.10. The van der Waals surface area contributed by atoms with Crippen molar-refractivity contribution in [2.75, 3.05) is 0 Å². The first-order chi connectivity index (χ1) is 7.27. The summed E-state index contributed by atoms with van der Waals surface area (Å²) in [5.41, 5.74) is 2.65. The molecule has 0 aliphatic heterocycles. The first-order valence-electron chi connectivity index (χ1n) is 4.84. The van der Waals surface area contributed by atoms with Gasteiger partial charge in [0, 0.05) is 17.5 Å². The highest BCUT2D eigenvalue weighted by atomic mass is 16.1. The van der Waals surface area contributed by atoms with Crippen LogP contribution in [0.25, 0.3) is 0 Å². The van der Waals surface area contributed by atoms with Gasteiger partial charge < -0.3 is 0 Å². The molecule has 3 nitrogen and oxygen atoms in total. The smallest absolute Gasteiger partial charge is 0.169 e. The number of aromatic amines is 1. The Morgan fingerprint density at radius 1 is 1.33 bits per heavy atom. The lowest BCUT2D eigenvalue weighted by molar-refractivity contribution is 0.0991.